The second-order valence-corrected chi connectivity index (χ2v) is 7.31. The van der Waals surface area contributed by atoms with Crippen molar-refractivity contribution in [3.05, 3.63) is 30.3 Å². The lowest BCUT2D eigenvalue weighted by Gasteiger charge is -2.34. The summed E-state index contributed by atoms with van der Waals surface area (Å²) in [4.78, 5) is 11.9. The third-order valence-electron chi connectivity index (χ3n) is 3.83. The summed E-state index contributed by atoms with van der Waals surface area (Å²) in [7, 11) is -3.51. The maximum absolute atomic E-state index is 12.8. The zero-order valence-electron chi connectivity index (χ0n) is 12.6. The van der Waals surface area contributed by atoms with E-state index in [-0.39, 0.29) is 18.4 Å². The van der Waals surface area contributed by atoms with Gasteiger partial charge in [0.25, 0.3) is 0 Å². The van der Waals surface area contributed by atoms with Gasteiger partial charge in [-0.2, -0.15) is 4.31 Å². The lowest BCUT2D eigenvalue weighted by atomic mass is 10.1. The van der Waals surface area contributed by atoms with E-state index >= 15 is 0 Å². The van der Waals surface area contributed by atoms with Crippen molar-refractivity contribution in [3.63, 3.8) is 0 Å². The van der Waals surface area contributed by atoms with Crippen molar-refractivity contribution in [1.82, 2.24) is 9.62 Å². The van der Waals surface area contributed by atoms with E-state index in [4.69, 9.17) is 5.73 Å². The topological polar surface area (TPSA) is 92.5 Å². The van der Waals surface area contributed by atoms with Crippen molar-refractivity contribution in [2.45, 2.75) is 36.6 Å². The van der Waals surface area contributed by atoms with E-state index in [1.165, 1.54) is 4.31 Å². The number of nitrogens with two attached hydrogens (primary N) is 1. The van der Waals surface area contributed by atoms with Gasteiger partial charge < -0.3 is 11.1 Å². The Hall–Kier alpha value is -1.44. The maximum atomic E-state index is 12.8. The molecule has 1 aliphatic rings. The molecule has 1 saturated heterocycles. The number of nitrogens with one attached hydrogen (secondary N) is 1. The third kappa shape index (κ3) is 4.06. The molecule has 0 radical (unpaired) electrons. The fourth-order valence-corrected chi connectivity index (χ4v) is 4.39. The van der Waals surface area contributed by atoms with Gasteiger partial charge in [0.05, 0.1) is 4.90 Å². The first-order valence-electron chi connectivity index (χ1n) is 7.59. The van der Waals surface area contributed by atoms with Crippen LogP contribution in [-0.2, 0) is 14.8 Å². The monoisotopic (exact) mass is 325 g/mol. The molecule has 1 aromatic rings. The molecule has 1 heterocycles. The summed E-state index contributed by atoms with van der Waals surface area (Å²) in [6.45, 7) is 1.13. The highest BCUT2D eigenvalue weighted by atomic mass is 32.2. The molecule has 1 aliphatic heterocycles. The van der Waals surface area contributed by atoms with E-state index in [0.29, 0.717) is 24.5 Å². The first kappa shape index (κ1) is 16.9. The summed E-state index contributed by atoms with van der Waals surface area (Å²) in [5.41, 5.74) is 5.34. The summed E-state index contributed by atoms with van der Waals surface area (Å²) in [6, 6.07) is 8.24. The number of piperidine rings is 1. The fraction of sp³-hybridized carbons (Fsp3) is 0.533. The Kier molecular flexibility index (Phi) is 5.93. The van der Waals surface area contributed by atoms with Crippen LogP contribution < -0.4 is 11.1 Å². The molecule has 0 spiro atoms. The fourth-order valence-electron chi connectivity index (χ4n) is 2.67. The number of sulfonamides is 1. The molecule has 1 unspecified atom stereocenters. The minimum Gasteiger partial charge on any atom is -0.354 e. The van der Waals surface area contributed by atoms with E-state index in [0.717, 1.165) is 19.3 Å². The van der Waals surface area contributed by atoms with Crippen molar-refractivity contribution in [3.8, 4) is 0 Å². The van der Waals surface area contributed by atoms with Crippen molar-refractivity contribution >= 4 is 15.9 Å². The summed E-state index contributed by atoms with van der Waals surface area (Å²) in [5.74, 6) is -0.134. The SMILES string of the molecule is NCCC(=O)NCC1CCCCN1S(=O)(=O)c1ccccc1. The first-order chi connectivity index (χ1) is 10.6. The molecule has 122 valence electrons. The number of amides is 1. The van der Waals surface area contributed by atoms with Crippen LogP contribution in [0.25, 0.3) is 0 Å². The highest BCUT2D eigenvalue weighted by Gasteiger charge is 2.33. The van der Waals surface area contributed by atoms with E-state index in [9.17, 15) is 13.2 Å². The highest BCUT2D eigenvalue weighted by Crippen LogP contribution is 2.24. The number of carbonyl (C=O) groups excluding carboxylic acids is 1. The molecule has 3 N–H and O–H groups in total. The second kappa shape index (κ2) is 7.71. The third-order valence-corrected chi connectivity index (χ3v) is 5.80. The Balaban J connectivity index is 2.11. The Bertz CT molecular complexity index is 589. The van der Waals surface area contributed by atoms with Crippen LogP contribution in [0, 0.1) is 0 Å². The van der Waals surface area contributed by atoms with E-state index < -0.39 is 10.0 Å². The maximum Gasteiger partial charge on any atom is 0.243 e. The molecule has 6 nitrogen and oxygen atoms in total. The van der Waals surface area contributed by atoms with Gasteiger partial charge in [0.15, 0.2) is 0 Å². The number of nitrogens with zero attached hydrogens (tertiary/aromatic N) is 1. The van der Waals surface area contributed by atoms with Gasteiger partial charge in [-0.05, 0) is 25.0 Å². The van der Waals surface area contributed by atoms with Crippen LogP contribution in [0.5, 0.6) is 0 Å². The van der Waals surface area contributed by atoms with Crippen LogP contribution >= 0.6 is 0 Å². The molecular formula is C15H23N3O3S. The van der Waals surface area contributed by atoms with Crippen LogP contribution in [-0.4, -0.2) is 44.3 Å². The lowest BCUT2D eigenvalue weighted by molar-refractivity contribution is -0.121. The normalized spacial score (nSPS) is 19.8. The van der Waals surface area contributed by atoms with E-state index in [1.54, 1.807) is 30.3 Å². The zero-order valence-corrected chi connectivity index (χ0v) is 13.4. The first-order valence-corrected chi connectivity index (χ1v) is 9.03. The molecule has 22 heavy (non-hydrogen) atoms. The lowest BCUT2D eigenvalue weighted by Crippen LogP contribution is -2.49. The molecule has 1 atom stereocenters. The van der Waals surface area contributed by atoms with Gasteiger partial charge in [0, 0.05) is 32.1 Å². The molecule has 0 aromatic heterocycles. The summed E-state index contributed by atoms with van der Waals surface area (Å²) < 4.78 is 27.0. The number of carbonyl (C=O) groups is 1. The summed E-state index contributed by atoms with van der Waals surface area (Å²) in [5, 5.41) is 2.78. The van der Waals surface area contributed by atoms with Crippen LogP contribution in [0.15, 0.2) is 35.2 Å². The van der Waals surface area contributed by atoms with Gasteiger partial charge in [0.2, 0.25) is 15.9 Å². The Morgan fingerprint density at radius 1 is 1.27 bits per heavy atom. The molecule has 0 saturated carbocycles. The van der Waals surface area contributed by atoms with Crippen molar-refractivity contribution in [1.29, 1.82) is 0 Å². The quantitative estimate of drug-likeness (QED) is 0.805. The van der Waals surface area contributed by atoms with Gasteiger partial charge in [-0.15, -0.1) is 0 Å². The van der Waals surface area contributed by atoms with Crippen molar-refractivity contribution < 1.29 is 13.2 Å². The van der Waals surface area contributed by atoms with Gasteiger partial charge in [-0.25, -0.2) is 8.42 Å². The average Bonchev–Trinajstić information content (AvgIpc) is 2.54. The predicted molar refractivity (Wildman–Crippen MR) is 84.7 cm³/mol. The Morgan fingerprint density at radius 3 is 2.68 bits per heavy atom. The average molecular weight is 325 g/mol. The molecule has 1 fully saturated rings. The van der Waals surface area contributed by atoms with E-state index in [1.807, 2.05) is 0 Å². The largest absolute Gasteiger partial charge is 0.354 e. The summed E-state index contributed by atoms with van der Waals surface area (Å²) >= 11 is 0. The van der Waals surface area contributed by atoms with Gasteiger partial charge in [-0.1, -0.05) is 24.6 Å². The van der Waals surface area contributed by atoms with Crippen LogP contribution in [0.2, 0.25) is 0 Å². The van der Waals surface area contributed by atoms with Gasteiger partial charge in [0.1, 0.15) is 0 Å². The summed E-state index contributed by atoms with van der Waals surface area (Å²) in [6.07, 6.45) is 2.84. The smallest absolute Gasteiger partial charge is 0.243 e. The standard InChI is InChI=1S/C15H23N3O3S/c16-10-9-15(19)17-12-13-6-4-5-11-18(13)22(20,21)14-7-2-1-3-8-14/h1-3,7-8,13H,4-6,9-12,16H2,(H,17,19). The number of hydrogen-bond donors (Lipinski definition) is 2. The predicted octanol–water partition coefficient (Wildman–Crippen LogP) is 0.695. The molecular weight excluding hydrogens is 302 g/mol. The Morgan fingerprint density at radius 2 is 2.00 bits per heavy atom. The zero-order chi connectivity index (χ0) is 16.0. The number of hydrogen-bond acceptors (Lipinski definition) is 4. The Labute approximate surface area is 131 Å². The van der Waals surface area contributed by atoms with Gasteiger partial charge in [-0.3, -0.25) is 4.79 Å². The molecule has 1 amide bonds. The highest BCUT2D eigenvalue weighted by molar-refractivity contribution is 7.89. The van der Waals surface area contributed by atoms with Crippen molar-refractivity contribution in [2.24, 2.45) is 5.73 Å². The molecule has 0 bridgehead atoms. The van der Waals surface area contributed by atoms with Crippen LogP contribution in [0.3, 0.4) is 0 Å². The molecule has 0 aliphatic carbocycles. The van der Waals surface area contributed by atoms with Crippen LogP contribution in [0.4, 0.5) is 0 Å². The minimum atomic E-state index is -3.51. The number of rotatable bonds is 6. The van der Waals surface area contributed by atoms with E-state index in [2.05, 4.69) is 5.32 Å². The minimum absolute atomic E-state index is 0.134. The molecule has 1 aromatic carbocycles. The number of benzene rings is 1. The molecule has 7 heteroatoms. The second-order valence-electron chi connectivity index (χ2n) is 5.42. The van der Waals surface area contributed by atoms with Gasteiger partial charge >= 0.3 is 0 Å². The van der Waals surface area contributed by atoms with Crippen molar-refractivity contribution in [2.75, 3.05) is 19.6 Å². The molecule has 2 rings (SSSR count). The van der Waals surface area contributed by atoms with Crippen LogP contribution in [0.1, 0.15) is 25.7 Å².